The molecule has 0 aliphatic carbocycles. The second kappa shape index (κ2) is 8.36. The largest absolute Gasteiger partial charge is 0.215 e. The van der Waals surface area contributed by atoms with E-state index in [9.17, 15) is 8.42 Å². The fraction of sp³-hybridized carbons (Fsp3) is 1.00. The monoisotopic (exact) mass is 255 g/mol. The van der Waals surface area contributed by atoms with Crippen LogP contribution in [0.15, 0.2) is 0 Å². The maximum absolute atomic E-state index is 11.3. The van der Waals surface area contributed by atoms with Crippen LogP contribution >= 0.6 is 11.6 Å². The SMILES string of the molecule is CCCCC(CC)CNS(=O)(=O)CCCl. The van der Waals surface area contributed by atoms with Crippen molar-refractivity contribution in [2.45, 2.75) is 39.5 Å². The Balaban J connectivity index is 3.89. The first-order valence-corrected chi connectivity index (χ1v) is 7.77. The molecule has 0 rings (SSSR count). The summed E-state index contributed by atoms with van der Waals surface area (Å²) in [6, 6.07) is 0. The van der Waals surface area contributed by atoms with Crippen LogP contribution in [0.25, 0.3) is 0 Å². The van der Waals surface area contributed by atoms with E-state index >= 15 is 0 Å². The molecule has 0 heterocycles. The second-order valence-electron chi connectivity index (χ2n) is 3.77. The third kappa shape index (κ3) is 8.05. The Morgan fingerprint density at radius 1 is 1.33 bits per heavy atom. The van der Waals surface area contributed by atoms with Crippen LogP contribution in [0.4, 0.5) is 0 Å². The van der Waals surface area contributed by atoms with Crippen molar-refractivity contribution in [1.82, 2.24) is 4.72 Å². The standard InChI is InChI=1S/C10H22ClNO2S/c1-3-5-6-10(4-2)9-12-15(13,14)8-7-11/h10,12H,3-9H2,1-2H3. The van der Waals surface area contributed by atoms with Gasteiger partial charge in [-0.05, 0) is 12.3 Å². The lowest BCUT2D eigenvalue weighted by atomic mass is 10.00. The van der Waals surface area contributed by atoms with E-state index in [1.165, 1.54) is 0 Å². The molecule has 0 fully saturated rings. The van der Waals surface area contributed by atoms with E-state index in [-0.39, 0.29) is 11.6 Å². The first-order chi connectivity index (χ1) is 7.05. The number of sulfonamides is 1. The van der Waals surface area contributed by atoms with Crippen molar-refractivity contribution in [1.29, 1.82) is 0 Å². The first kappa shape index (κ1) is 15.2. The van der Waals surface area contributed by atoms with E-state index in [1.54, 1.807) is 0 Å². The molecule has 92 valence electrons. The molecule has 0 amide bonds. The molecule has 5 heteroatoms. The number of halogens is 1. The van der Waals surface area contributed by atoms with E-state index < -0.39 is 10.0 Å². The second-order valence-corrected chi connectivity index (χ2v) is 6.08. The van der Waals surface area contributed by atoms with Gasteiger partial charge in [-0.3, -0.25) is 0 Å². The summed E-state index contributed by atoms with van der Waals surface area (Å²) in [6.45, 7) is 4.79. The maximum atomic E-state index is 11.3. The van der Waals surface area contributed by atoms with Gasteiger partial charge in [0.25, 0.3) is 0 Å². The van der Waals surface area contributed by atoms with Crippen molar-refractivity contribution in [2.75, 3.05) is 18.2 Å². The topological polar surface area (TPSA) is 46.2 Å². The van der Waals surface area contributed by atoms with E-state index in [0.29, 0.717) is 12.5 Å². The van der Waals surface area contributed by atoms with Crippen molar-refractivity contribution in [3.63, 3.8) is 0 Å². The molecule has 0 aromatic carbocycles. The number of rotatable bonds is 9. The van der Waals surface area contributed by atoms with Gasteiger partial charge in [-0.2, -0.15) is 0 Å². The van der Waals surface area contributed by atoms with E-state index in [4.69, 9.17) is 11.6 Å². The quantitative estimate of drug-likeness (QED) is 0.643. The molecule has 15 heavy (non-hydrogen) atoms. The molecule has 1 unspecified atom stereocenters. The zero-order chi connectivity index (χ0) is 11.7. The molecular formula is C10H22ClNO2S. The van der Waals surface area contributed by atoms with Gasteiger partial charge < -0.3 is 0 Å². The van der Waals surface area contributed by atoms with Crippen LogP contribution in [0.3, 0.4) is 0 Å². The molecule has 1 atom stereocenters. The summed E-state index contributed by atoms with van der Waals surface area (Å²) in [5, 5.41) is 0. The van der Waals surface area contributed by atoms with Gasteiger partial charge in [-0.15, -0.1) is 11.6 Å². The van der Waals surface area contributed by atoms with E-state index in [2.05, 4.69) is 18.6 Å². The van der Waals surface area contributed by atoms with Crippen molar-refractivity contribution >= 4 is 21.6 Å². The van der Waals surface area contributed by atoms with Gasteiger partial charge in [0.15, 0.2) is 0 Å². The maximum Gasteiger partial charge on any atom is 0.212 e. The van der Waals surface area contributed by atoms with Crippen LogP contribution in [-0.2, 0) is 10.0 Å². The summed E-state index contributed by atoms with van der Waals surface area (Å²) < 4.78 is 25.3. The lowest BCUT2D eigenvalue weighted by molar-refractivity contribution is 0.444. The van der Waals surface area contributed by atoms with Crippen LogP contribution in [0.1, 0.15) is 39.5 Å². The zero-order valence-electron chi connectivity index (χ0n) is 9.63. The highest BCUT2D eigenvalue weighted by atomic mass is 35.5. The molecule has 0 radical (unpaired) electrons. The molecule has 0 spiro atoms. The van der Waals surface area contributed by atoms with Crippen molar-refractivity contribution in [3.05, 3.63) is 0 Å². The number of alkyl halides is 1. The average Bonchev–Trinajstić information content (AvgIpc) is 2.18. The molecule has 0 aliphatic rings. The lowest BCUT2D eigenvalue weighted by Gasteiger charge is -2.14. The van der Waals surface area contributed by atoms with Crippen LogP contribution < -0.4 is 4.72 Å². The fourth-order valence-electron chi connectivity index (χ4n) is 1.36. The summed E-state index contributed by atoms with van der Waals surface area (Å²) in [5.74, 6) is 0.620. The van der Waals surface area contributed by atoms with E-state index in [0.717, 1.165) is 25.7 Å². The summed E-state index contributed by atoms with van der Waals surface area (Å²) >= 11 is 5.40. The van der Waals surface area contributed by atoms with E-state index in [1.807, 2.05) is 0 Å². The minimum Gasteiger partial charge on any atom is -0.215 e. The third-order valence-corrected chi connectivity index (χ3v) is 4.24. The summed E-state index contributed by atoms with van der Waals surface area (Å²) in [7, 11) is -3.14. The highest BCUT2D eigenvalue weighted by molar-refractivity contribution is 7.89. The average molecular weight is 256 g/mol. The molecule has 0 aliphatic heterocycles. The van der Waals surface area contributed by atoms with Crippen LogP contribution in [0.2, 0.25) is 0 Å². The minimum absolute atomic E-state index is 0.0127. The van der Waals surface area contributed by atoms with Gasteiger partial charge in [0.1, 0.15) is 0 Å². The number of hydrogen-bond acceptors (Lipinski definition) is 2. The Bertz CT molecular complexity index is 242. The van der Waals surface area contributed by atoms with Crippen molar-refractivity contribution < 1.29 is 8.42 Å². The number of hydrogen-bond donors (Lipinski definition) is 1. The smallest absolute Gasteiger partial charge is 0.212 e. The number of unbranched alkanes of at least 4 members (excludes halogenated alkanes) is 1. The molecular weight excluding hydrogens is 234 g/mol. The molecule has 1 N–H and O–H groups in total. The first-order valence-electron chi connectivity index (χ1n) is 5.59. The Labute approximate surface area is 98.6 Å². The van der Waals surface area contributed by atoms with Gasteiger partial charge in [0.05, 0.1) is 5.75 Å². The lowest BCUT2D eigenvalue weighted by Crippen LogP contribution is -2.31. The van der Waals surface area contributed by atoms with Crippen LogP contribution in [0.5, 0.6) is 0 Å². The Hall–Kier alpha value is 0.200. The molecule has 3 nitrogen and oxygen atoms in total. The van der Waals surface area contributed by atoms with Crippen LogP contribution in [-0.4, -0.2) is 26.6 Å². The van der Waals surface area contributed by atoms with Crippen molar-refractivity contribution in [2.24, 2.45) is 5.92 Å². The number of nitrogens with one attached hydrogen (secondary N) is 1. The Kier molecular flexibility index (Phi) is 8.47. The van der Waals surface area contributed by atoms with Gasteiger partial charge in [0.2, 0.25) is 10.0 Å². The predicted molar refractivity (Wildman–Crippen MR) is 65.8 cm³/mol. The summed E-state index contributed by atoms with van der Waals surface area (Å²) in [6.07, 6.45) is 4.43. The van der Waals surface area contributed by atoms with Gasteiger partial charge in [-0.25, -0.2) is 13.1 Å². The van der Waals surface area contributed by atoms with Crippen LogP contribution in [0, 0.1) is 5.92 Å². The highest BCUT2D eigenvalue weighted by Crippen LogP contribution is 2.11. The summed E-state index contributed by atoms with van der Waals surface area (Å²) in [5.41, 5.74) is 0. The minimum atomic E-state index is -3.14. The molecule has 0 saturated heterocycles. The van der Waals surface area contributed by atoms with Gasteiger partial charge in [-0.1, -0.05) is 33.1 Å². The third-order valence-electron chi connectivity index (χ3n) is 2.48. The van der Waals surface area contributed by atoms with Gasteiger partial charge in [0, 0.05) is 12.4 Å². The predicted octanol–water partition coefficient (Wildman–Crippen LogP) is 2.36. The molecule has 0 aromatic rings. The normalized spacial score (nSPS) is 14.1. The highest BCUT2D eigenvalue weighted by Gasteiger charge is 2.12. The summed E-state index contributed by atoms with van der Waals surface area (Å²) in [4.78, 5) is 0. The fourth-order valence-corrected chi connectivity index (χ4v) is 2.81. The molecule has 0 saturated carbocycles. The van der Waals surface area contributed by atoms with Gasteiger partial charge >= 0.3 is 0 Å². The Morgan fingerprint density at radius 3 is 2.47 bits per heavy atom. The molecule has 0 aromatic heterocycles. The zero-order valence-corrected chi connectivity index (χ0v) is 11.2. The Morgan fingerprint density at radius 2 is 2.00 bits per heavy atom. The van der Waals surface area contributed by atoms with Crippen molar-refractivity contribution in [3.8, 4) is 0 Å². The molecule has 0 bridgehead atoms.